The number of nitrogens with two attached hydrogens (primary N) is 1. The Morgan fingerprint density at radius 3 is 2.53 bits per heavy atom. The molecule has 1 aromatic rings. The van der Waals surface area contributed by atoms with Crippen LogP contribution in [0, 0.1) is 0 Å². The number of hydrogen-bond donors (Lipinski definition) is 1. The van der Waals surface area contributed by atoms with Gasteiger partial charge in [-0.1, -0.05) is 17.7 Å². The summed E-state index contributed by atoms with van der Waals surface area (Å²) in [4.78, 5) is 11.3. The van der Waals surface area contributed by atoms with Gasteiger partial charge in [0.05, 0.1) is 12.7 Å². The van der Waals surface area contributed by atoms with Crippen molar-refractivity contribution in [2.75, 3.05) is 12.8 Å². The molecule has 0 atom stereocenters. The number of carbonyl (C=O) groups is 1. The molecule has 0 amide bonds. The van der Waals surface area contributed by atoms with E-state index in [-0.39, 0.29) is 0 Å². The summed E-state index contributed by atoms with van der Waals surface area (Å²) >= 11 is 0. The number of nitrogen functional groups attached to an aromatic ring is 1. The van der Waals surface area contributed by atoms with Gasteiger partial charge in [-0.2, -0.15) is 0 Å². The minimum absolute atomic E-state index is 0.406. The van der Waals surface area contributed by atoms with Crippen LogP contribution in [-0.4, -0.2) is 13.1 Å². The summed E-state index contributed by atoms with van der Waals surface area (Å²) in [6.45, 7) is 4.01. The second-order valence-electron chi connectivity index (χ2n) is 3.56. The molecule has 1 aromatic carbocycles. The van der Waals surface area contributed by atoms with Crippen molar-refractivity contribution in [1.29, 1.82) is 0 Å². The van der Waals surface area contributed by atoms with E-state index in [0.29, 0.717) is 11.3 Å². The molecule has 0 aliphatic rings. The van der Waals surface area contributed by atoms with Crippen LogP contribution in [0.4, 0.5) is 5.69 Å². The third-order valence-electron chi connectivity index (χ3n) is 1.94. The van der Waals surface area contributed by atoms with E-state index in [0.717, 1.165) is 5.56 Å². The van der Waals surface area contributed by atoms with Gasteiger partial charge in [0.15, 0.2) is 0 Å². The third kappa shape index (κ3) is 2.84. The van der Waals surface area contributed by atoms with Crippen molar-refractivity contribution < 1.29 is 9.53 Å². The van der Waals surface area contributed by atoms with Crippen LogP contribution in [0.15, 0.2) is 23.8 Å². The van der Waals surface area contributed by atoms with Crippen LogP contribution < -0.4 is 5.73 Å². The Kier molecular flexibility index (Phi) is 3.50. The summed E-state index contributed by atoms with van der Waals surface area (Å²) < 4.78 is 4.60. The first kappa shape index (κ1) is 11.3. The first-order valence-electron chi connectivity index (χ1n) is 4.67. The summed E-state index contributed by atoms with van der Waals surface area (Å²) in [5, 5.41) is 0. The van der Waals surface area contributed by atoms with Gasteiger partial charge >= 0.3 is 5.97 Å². The highest BCUT2D eigenvalue weighted by molar-refractivity contribution is 5.95. The number of ether oxygens (including phenoxy) is 1. The van der Waals surface area contributed by atoms with Gasteiger partial charge in [-0.25, -0.2) is 4.79 Å². The van der Waals surface area contributed by atoms with Gasteiger partial charge in [0.25, 0.3) is 0 Å². The van der Waals surface area contributed by atoms with Crippen molar-refractivity contribution >= 4 is 17.7 Å². The summed E-state index contributed by atoms with van der Waals surface area (Å²) in [7, 11) is 1.34. The van der Waals surface area contributed by atoms with Gasteiger partial charge in [-0.15, -0.1) is 0 Å². The summed E-state index contributed by atoms with van der Waals surface area (Å²) in [6, 6.07) is 5.28. The zero-order chi connectivity index (χ0) is 11.4. The van der Waals surface area contributed by atoms with Crippen LogP contribution >= 0.6 is 0 Å². The Labute approximate surface area is 89.5 Å². The van der Waals surface area contributed by atoms with E-state index in [1.165, 1.54) is 12.7 Å². The number of esters is 1. The molecule has 0 aliphatic carbocycles. The fourth-order valence-corrected chi connectivity index (χ4v) is 1.30. The van der Waals surface area contributed by atoms with Crippen molar-refractivity contribution in [3.05, 3.63) is 34.9 Å². The number of methoxy groups -OCH3 is 1. The Balaban J connectivity index is 3.09. The molecule has 15 heavy (non-hydrogen) atoms. The van der Waals surface area contributed by atoms with Gasteiger partial charge in [0.2, 0.25) is 0 Å². The van der Waals surface area contributed by atoms with E-state index in [1.54, 1.807) is 12.1 Å². The number of benzene rings is 1. The Bertz CT molecular complexity index is 404. The van der Waals surface area contributed by atoms with Gasteiger partial charge in [-0.05, 0) is 31.5 Å². The molecule has 0 aromatic heterocycles. The van der Waals surface area contributed by atoms with Crippen molar-refractivity contribution in [2.45, 2.75) is 13.8 Å². The molecule has 0 bridgehead atoms. The van der Waals surface area contributed by atoms with Crippen LogP contribution in [0.2, 0.25) is 0 Å². The molecule has 3 nitrogen and oxygen atoms in total. The first-order valence-corrected chi connectivity index (χ1v) is 4.67. The third-order valence-corrected chi connectivity index (χ3v) is 1.94. The molecule has 80 valence electrons. The first-order chi connectivity index (χ1) is 7.04. The summed E-state index contributed by atoms with van der Waals surface area (Å²) in [6.07, 6.45) is 2.00. The lowest BCUT2D eigenvalue weighted by Gasteiger charge is -2.04. The van der Waals surface area contributed by atoms with Gasteiger partial charge < -0.3 is 10.5 Å². The number of anilines is 1. The van der Waals surface area contributed by atoms with E-state index in [2.05, 4.69) is 4.74 Å². The maximum absolute atomic E-state index is 11.3. The molecule has 0 unspecified atom stereocenters. The fraction of sp³-hybridized carbons (Fsp3) is 0.250. The zero-order valence-electron chi connectivity index (χ0n) is 9.20. The molecule has 3 heteroatoms. The molecule has 0 radical (unpaired) electrons. The smallest absolute Gasteiger partial charge is 0.339 e. The minimum atomic E-state index is -0.406. The number of rotatable bonds is 2. The van der Waals surface area contributed by atoms with E-state index >= 15 is 0 Å². The van der Waals surface area contributed by atoms with E-state index in [9.17, 15) is 4.79 Å². The largest absolute Gasteiger partial charge is 0.465 e. The monoisotopic (exact) mass is 205 g/mol. The second-order valence-corrected chi connectivity index (χ2v) is 3.56. The molecule has 2 N–H and O–H groups in total. The average Bonchev–Trinajstić information content (AvgIpc) is 2.16. The highest BCUT2D eigenvalue weighted by Crippen LogP contribution is 2.17. The van der Waals surface area contributed by atoms with Crippen LogP contribution in [0.3, 0.4) is 0 Å². The molecular weight excluding hydrogens is 190 g/mol. The Hall–Kier alpha value is -1.77. The highest BCUT2D eigenvalue weighted by Gasteiger charge is 2.08. The molecule has 0 aliphatic heterocycles. The van der Waals surface area contributed by atoms with Crippen molar-refractivity contribution in [1.82, 2.24) is 0 Å². The predicted molar refractivity (Wildman–Crippen MR) is 61.5 cm³/mol. The topological polar surface area (TPSA) is 52.3 Å². The number of carbonyl (C=O) groups excluding carboxylic acids is 1. The van der Waals surface area contributed by atoms with Gasteiger partial charge in [-0.3, -0.25) is 0 Å². The van der Waals surface area contributed by atoms with Gasteiger partial charge in [0.1, 0.15) is 0 Å². The lowest BCUT2D eigenvalue weighted by Crippen LogP contribution is -2.05. The molecular formula is C12H15NO2. The highest BCUT2D eigenvalue weighted by atomic mass is 16.5. The van der Waals surface area contributed by atoms with E-state index in [4.69, 9.17) is 5.73 Å². The summed E-state index contributed by atoms with van der Waals surface area (Å²) in [5.74, 6) is -0.406. The van der Waals surface area contributed by atoms with Crippen molar-refractivity contribution in [3.8, 4) is 0 Å². The molecule has 0 heterocycles. The van der Waals surface area contributed by atoms with Crippen molar-refractivity contribution in [3.63, 3.8) is 0 Å². The normalized spacial score (nSPS) is 9.53. The Morgan fingerprint density at radius 1 is 1.40 bits per heavy atom. The SMILES string of the molecule is COC(=O)c1ccc(C=C(C)C)cc1N. The van der Waals surface area contributed by atoms with Crippen LogP contribution in [0.5, 0.6) is 0 Å². The standard InChI is InChI=1S/C12H15NO2/c1-8(2)6-9-4-5-10(11(13)7-9)12(14)15-3/h4-7H,13H2,1-3H3. The average molecular weight is 205 g/mol. The van der Waals surface area contributed by atoms with Crippen molar-refractivity contribution in [2.24, 2.45) is 0 Å². The minimum Gasteiger partial charge on any atom is -0.465 e. The number of allylic oxidation sites excluding steroid dienone is 1. The maximum atomic E-state index is 11.3. The molecule has 0 spiro atoms. The van der Waals surface area contributed by atoms with Crippen LogP contribution in [0.25, 0.3) is 6.08 Å². The van der Waals surface area contributed by atoms with Crippen LogP contribution in [0.1, 0.15) is 29.8 Å². The molecule has 0 saturated heterocycles. The lowest BCUT2D eigenvalue weighted by atomic mass is 10.1. The quantitative estimate of drug-likeness (QED) is 0.596. The second kappa shape index (κ2) is 4.64. The van der Waals surface area contributed by atoms with Crippen LogP contribution in [-0.2, 0) is 4.74 Å². The Morgan fingerprint density at radius 2 is 2.07 bits per heavy atom. The fourth-order valence-electron chi connectivity index (χ4n) is 1.30. The maximum Gasteiger partial charge on any atom is 0.339 e. The molecule has 0 fully saturated rings. The predicted octanol–water partition coefficient (Wildman–Crippen LogP) is 2.48. The van der Waals surface area contributed by atoms with E-state index in [1.807, 2.05) is 26.0 Å². The molecule has 1 rings (SSSR count). The van der Waals surface area contributed by atoms with E-state index < -0.39 is 5.97 Å². The lowest BCUT2D eigenvalue weighted by molar-refractivity contribution is 0.0602. The van der Waals surface area contributed by atoms with Gasteiger partial charge in [0, 0.05) is 5.69 Å². The zero-order valence-corrected chi connectivity index (χ0v) is 9.20. The summed E-state index contributed by atoms with van der Waals surface area (Å²) in [5.41, 5.74) is 8.76. The number of hydrogen-bond acceptors (Lipinski definition) is 3. The molecule has 0 saturated carbocycles.